The van der Waals surface area contributed by atoms with Crippen LogP contribution in [0, 0.1) is 6.92 Å². The Balaban J connectivity index is 1.22. The van der Waals surface area contributed by atoms with Crippen molar-refractivity contribution in [1.29, 1.82) is 0 Å². The molecule has 7 nitrogen and oxygen atoms in total. The molecule has 0 N–H and O–H groups in total. The molecule has 0 saturated carbocycles. The molecule has 0 fully saturated rings. The van der Waals surface area contributed by atoms with Gasteiger partial charge in [0.05, 0.1) is 50.7 Å². The van der Waals surface area contributed by atoms with E-state index in [0.717, 1.165) is 61.6 Å². The maximum Gasteiger partial charge on any atom is 0.221 e. The van der Waals surface area contributed by atoms with Gasteiger partial charge < -0.3 is 4.57 Å². The summed E-state index contributed by atoms with van der Waals surface area (Å²) in [6.07, 6.45) is 3.90. The zero-order valence-electron chi connectivity index (χ0n) is 30.3. The Morgan fingerprint density at radius 2 is 1.40 bits per heavy atom. The van der Waals surface area contributed by atoms with Crippen LogP contribution in [0.1, 0.15) is 44.5 Å². The number of nitrogens with zero attached hydrogens (tertiary/aromatic N) is 7. The van der Waals surface area contributed by atoms with Gasteiger partial charge in [-0.05, 0) is 72.1 Å². The molecule has 0 radical (unpaired) electrons. The molecule has 10 aromatic rings. The van der Waals surface area contributed by atoms with E-state index in [4.69, 9.17) is 15.1 Å². The number of aryl methyl sites for hydroxylation is 1. The first kappa shape index (κ1) is 30.2. The highest BCUT2D eigenvalue weighted by Crippen LogP contribution is 2.53. The summed E-state index contributed by atoms with van der Waals surface area (Å²) in [4.78, 5) is 10.1. The second kappa shape index (κ2) is 10.3. The zero-order chi connectivity index (χ0) is 35.8. The highest BCUT2D eigenvalue weighted by Gasteiger charge is 2.48. The van der Waals surface area contributed by atoms with Gasteiger partial charge in [-0.2, -0.15) is 5.10 Å². The van der Waals surface area contributed by atoms with Crippen LogP contribution in [0.25, 0.3) is 78.0 Å². The van der Waals surface area contributed by atoms with Gasteiger partial charge in [-0.3, -0.25) is 8.97 Å². The molecular weight excluding hydrogens is 651 g/mol. The molecule has 53 heavy (non-hydrogen) atoms. The van der Waals surface area contributed by atoms with Crippen LogP contribution in [-0.2, 0) is 10.8 Å². The predicted octanol–water partition coefficient (Wildman–Crippen LogP) is 10.7. The molecule has 5 aromatic carbocycles. The molecule has 256 valence electrons. The Labute approximate surface area is 306 Å². The molecule has 0 spiro atoms. The summed E-state index contributed by atoms with van der Waals surface area (Å²) < 4.78 is 9.12. The lowest BCUT2D eigenvalue weighted by molar-refractivity contribution is 0.276. The van der Waals surface area contributed by atoms with Gasteiger partial charge in [-0.15, -0.1) is 0 Å². The molecule has 7 heteroatoms. The minimum absolute atomic E-state index is 0.160. The number of imidazole rings is 2. The van der Waals surface area contributed by atoms with Crippen molar-refractivity contribution in [3.05, 3.63) is 151 Å². The number of benzene rings is 5. The van der Waals surface area contributed by atoms with E-state index in [0.29, 0.717) is 0 Å². The van der Waals surface area contributed by atoms with Crippen LogP contribution in [0.5, 0.6) is 0 Å². The minimum Gasteiger partial charge on any atom is -0.309 e. The Morgan fingerprint density at radius 1 is 0.604 bits per heavy atom. The number of pyridine rings is 1. The van der Waals surface area contributed by atoms with Gasteiger partial charge in [0, 0.05) is 39.1 Å². The first-order chi connectivity index (χ1) is 25.7. The standard InChI is InChI=1S/C46H37N7/c1-28-14-13-19-36-42(28)49-44-51(36)39-25-32-31-17-9-10-18-35(31)50(37(32)26-40(39)52(44)41-20-11-12-23-47-41)30-21-22-34-38(24-30)53-43(46(4,5)45(34,2)3)33(27-48-53)29-15-7-6-8-16-29/h6-27H,1-5H3. The maximum absolute atomic E-state index is 5.23. The van der Waals surface area contributed by atoms with Gasteiger partial charge in [0.1, 0.15) is 5.82 Å². The van der Waals surface area contributed by atoms with E-state index in [1.54, 1.807) is 0 Å². The number of hydrogen-bond donors (Lipinski definition) is 0. The van der Waals surface area contributed by atoms with Crippen molar-refractivity contribution >= 4 is 49.7 Å². The van der Waals surface area contributed by atoms with Crippen LogP contribution in [0.2, 0.25) is 0 Å². The predicted molar refractivity (Wildman–Crippen MR) is 215 cm³/mol. The third-order valence-electron chi connectivity index (χ3n) is 12.3. The first-order valence-corrected chi connectivity index (χ1v) is 18.3. The fourth-order valence-corrected chi connectivity index (χ4v) is 9.02. The minimum atomic E-state index is -0.182. The van der Waals surface area contributed by atoms with Gasteiger partial charge in [0.2, 0.25) is 5.78 Å². The van der Waals surface area contributed by atoms with E-state index in [-0.39, 0.29) is 10.8 Å². The lowest BCUT2D eigenvalue weighted by Crippen LogP contribution is -2.46. The first-order valence-electron chi connectivity index (χ1n) is 18.3. The highest BCUT2D eigenvalue weighted by molar-refractivity contribution is 6.14. The second-order valence-electron chi connectivity index (χ2n) is 15.6. The Kier molecular flexibility index (Phi) is 5.88. The smallest absolute Gasteiger partial charge is 0.221 e. The third-order valence-corrected chi connectivity index (χ3v) is 12.3. The molecule has 0 unspecified atom stereocenters. The number of aromatic nitrogens is 7. The van der Waals surface area contributed by atoms with Crippen molar-refractivity contribution in [2.45, 2.75) is 45.4 Å². The van der Waals surface area contributed by atoms with Crippen LogP contribution in [-0.4, -0.2) is 33.3 Å². The van der Waals surface area contributed by atoms with Gasteiger partial charge in [-0.1, -0.05) is 100 Å². The average Bonchev–Trinajstić information content (AvgIpc) is 3.94. The zero-order valence-corrected chi connectivity index (χ0v) is 30.3. The van der Waals surface area contributed by atoms with Crippen LogP contribution < -0.4 is 0 Å². The summed E-state index contributed by atoms with van der Waals surface area (Å²) in [5, 5.41) is 7.50. The molecule has 0 atom stereocenters. The molecule has 5 aromatic heterocycles. The van der Waals surface area contributed by atoms with Crippen molar-refractivity contribution < 1.29 is 0 Å². The van der Waals surface area contributed by atoms with Crippen LogP contribution in [0.4, 0.5) is 0 Å². The van der Waals surface area contributed by atoms with E-state index >= 15 is 0 Å². The monoisotopic (exact) mass is 687 g/mol. The lowest BCUT2D eigenvalue weighted by atomic mass is 9.59. The van der Waals surface area contributed by atoms with Crippen molar-refractivity contribution in [2.75, 3.05) is 0 Å². The maximum atomic E-state index is 5.23. The molecule has 0 aliphatic carbocycles. The van der Waals surface area contributed by atoms with E-state index in [1.807, 2.05) is 18.3 Å². The topological polar surface area (TPSA) is 57.9 Å². The largest absolute Gasteiger partial charge is 0.309 e. The van der Waals surface area contributed by atoms with Crippen LogP contribution >= 0.6 is 0 Å². The van der Waals surface area contributed by atoms with Gasteiger partial charge in [0.15, 0.2) is 0 Å². The lowest BCUT2D eigenvalue weighted by Gasteiger charge is -2.47. The molecule has 0 bridgehead atoms. The molecule has 0 amide bonds. The van der Waals surface area contributed by atoms with Crippen molar-refractivity contribution in [2.24, 2.45) is 0 Å². The molecule has 11 rings (SSSR count). The molecule has 0 saturated heterocycles. The second-order valence-corrected chi connectivity index (χ2v) is 15.6. The van der Waals surface area contributed by atoms with E-state index in [9.17, 15) is 0 Å². The Morgan fingerprint density at radius 3 is 2.23 bits per heavy atom. The van der Waals surface area contributed by atoms with Crippen molar-refractivity contribution in [1.82, 2.24) is 33.3 Å². The van der Waals surface area contributed by atoms with Gasteiger partial charge in [0.25, 0.3) is 0 Å². The molecule has 1 aliphatic heterocycles. The van der Waals surface area contributed by atoms with Crippen LogP contribution in [0.15, 0.2) is 134 Å². The summed E-state index contributed by atoms with van der Waals surface area (Å²) in [6.45, 7) is 11.6. The summed E-state index contributed by atoms with van der Waals surface area (Å²) in [7, 11) is 0. The van der Waals surface area contributed by atoms with E-state index in [2.05, 4.69) is 168 Å². The van der Waals surface area contributed by atoms with Crippen LogP contribution in [0.3, 0.4) is 0 Å². The molecule has 1 aliphatic rings. The van der Waals surface area contributed by atoms with E-state index < -0.39 is 0 Å². The van der Waals surface area contributed by atoms with Gasteiger partial charge >= 0.3 is 0 Å². The number of hydrogen-bond acceptors (Lipinski definition) is 3. The quantitative estimate of drug-likeness (QED) is 0.186. The summed E-state index contributed by atoms with van der Waals surface area (Å²) in [6, 6.07) is 43.5. The third kappa shape index (κ3) is 3.86. The summed E-state index contributed by atoms with van der Waals surface area (Å²) in [5.74, 6) is 1.69. The Hall–Kier alpha value is -6.47. The summed E-state index contributed by atoms with van der Waals surface area (Å²) in [5.41, 5.74) is 14.4. The van der Waals surface area contributed by atoms with E-state index in [1.165, 1.54) is 33.2 Å². The normalized spacial score (nSPS) is 14.8. The highest BCUT2D eigenvalue weighted by atomic mass is 15.3. The number of fused-ring (bicyclic) bond motifs is 11. The average molecular weight is 688 g/mol. The molecule has 6 heterocycles. The fourth-order valence-electron chi connectivity index (χ4n) is 9.02. The SMILES string of the molecule is Cc1cccc2c1nc1n(-c3ccccn3)c3cc4c(cc3n21)c1ccccc1n4-c1ccc2c(c1)-n1ncc(-c3ccccc3)c1C(C)(C)C2(C)C. The number of para-hydroxylation sites is 2. The number of rotatable bonds is 3. The van der Waals surface area contributed by atoms with Crippen molar-refractivity contribution in [3.8, 4) is 28.3 Å². The van der Waals surface area contributed by atoms with Crippen molar-refractivity contribution in [3.63, 3.8) is 0 Å². The fraction of sp³-hybridized carbons (Fsp3) is 0.152. The van der Waals surface area contributed by atoms with Gasteiger partial charge in [-0.25, -0.2) is 14.6 Å². The Bertz CT molecular complexity index is 3120. The molecular formula is C46H37N7. The summed E-state index contributed by atoms with van der Waals surface area (Å²) >= 11 is 0.